The van der Waals surface area contributed by atoms with Gasteiger partial charge in [0, 0.05) is 17.8 Å². The van der Waals surface area contributed by atoms with E-state index in [0.717, 1.165) is 23.3 Å². The smallest absolute Gasteiger partial charge is 0.335 e. The molecule has 2 N–H and O–H groups in total. The van der Waals surface area contributed by atoms with E-state index in [1.165, 1.54) is 37.5 Å². The van der Waals surface area contributed by atoms with Crippen molar-refractivity contribution in [3.63, 3.8) is 0 Å². The molecule has 5 amide bonds. The molecule has 0 unspecified atom stereocenters. The third-order valence-electron chi connectivity index (χ3n) is 6.16. The van der Waals surface area contributed by atoms with Gasteiger partial charge in [0.15, 0.2) is 18.1 Å². The standard InChI is InChI=1S/C28H24N4O8/c1-16-5-4-6-22(17(16)2)29-25(33)15-40-23-12-7-18(14-24(23)39-3)13-21-26(34)30-28(36)31(27(21)35)19-8-10-20(11-9-19)32(37)38/h4-14H,15H2,1-3H3,(H,29,33)(H,30,34,36)/b21-13-. The molecule has 0 saturated carbocycles. The monoisotopic (exact) mass is 544 g/mol. The van der Waals surface area contributed by atoms with Gasteiger partial charge in [0.05, 0.1) is 17.7 Å². The van der Waals surface area contributed by atoms with Crippen LogP contribution in [0.2, 0.25) is 0 Å². The van der Waals surface area contributed by atoms with E-state index in [0.29, 0.717) is 16.2 Å². The number of ether oxygens (including phenoxy) is 2. The molecule has 0 aliphatic carbocycles. The van der Waals surface area contributed by atoms with Gasteiger partial charge in [-0.1, -0.05) is 18.2 Å². The van der Waals surface area contributed by atoms with Crippen molar-refractivity contribution in [2.45, 2.75) is 13.8 Å². The number of anilines is 2. The van der Waals surface area contributed by atoms with E-state index in [4.69, 9.17) is 9.47 Å². The van der Waals surface area contributed by atoms with Gasteiger partial charge >= 0.3 is 6.03 Å². The molecular weight excluding hydrogens is 520 g/mol. The minimum absolute atomic E-state index is 0.0481. The number of barbiturate groups is 1. The Hall–Kier alpha value is -5.52. The van der Waals surface area contributed by atoms with Crippen LogP contribution in [-0.4, -0.2) is 42.4 Å². The van der Waals surface area contributed by atoms with Crippen LogP contribution in [0.3, 0.4) is 0 Å². The lowest BCUT2D eigenvalue weighted by molar-refractivity contribution is -0.384. The lowest BCUT2D eigenvalue weighted by atomic mass is 10.1. The van der Waals surface area contributed by atoms with Crippen molar-refractivity contribution in [3.8, 4) is 11.5 Å². The molecule has 4 rings (SSSR count). The number of methoxy groups -OCH3 is 1. The molecule has 40 heavy (non-hydrogen) atoms. The van der Waals surface area contributed by atoms with Crippen molar-refractivity contribution in [2.75, 3.05) is 23.9 Å². The second-order valence-electron chi connectivity index (χ2n) is 8.73. The van der Waals surface area contributed by atoms with E-state index in [2.05, 4.69) is 10.6 Å². The molecule has 1 heterocycles. The lowest BCUT2D eigenvalue weighted by Gasteiger charge is -2.26. The summed E-state index contributed by atoms with van der Waals surface area (Å²) < 4.78 is 11.0. The number of urea groups is 1. The van der Waals surface area contributed by atoms with Crippen LogP contribution in [0.4, 0.5) is 21.9 Å². The van der Waals surface area contributed by atoms with E-state index in [1.54, 1.807) is 12.1 Å². The maximum absolute atomic E-state index is 13.1. The van der Waals surface area contributed by atoms with Gasteiger partial charge in [0.25, 0.3) is 23.4 Å². The van der Waals surface area contributed by atoms with Crippen LogP contribution in [0.1, 0.15) is 16.7 Å². The predicted octanol–water partition coefficient (Wildman–Crippen LogP) is 3.90. The Balaban J connectivity index is 1.51. The summed E-state index contributed by atoms with van der Waals surface area (Å²) in [6.07, 6.45) is 1.27. The zero-order chi connectivity index (χ0) is 29.0. The number of imide groups is 2. The van der Waals surface area contributed by atoms with Gasteiger partial charge < -0.3 is 14.8 Å². The highest BCUT2D eigenvalue weighted by molar-refractivity contribution is 6.39. The zero-order valence-electron chi connectivity index (χ0n) is 21.7. The molecule has 3 aromatic rings. The van der Waals surface area contributed by atoms with Crippen molar-refractivity contribution in [3.05, 3.63) is 93.0 Å². The van der Waals surface area contributed by atoms with Crippen molar-refractivity contribution in [1.82, 2.24) is 5.32 Å². The van der Waals surface area contributed by atoms with Crippen molar-refractivity contribution < 1.29 is 33.6 Å². The number of non-ortho nitro benzene ring substituents is 1. The second kappa shape index (κ2) is 11.5. The summed E-state index contributed by atoms with van der Waals surface area (Å²) in [6.45, 7) is 3.55. The van der Waals surface area contributed by atoms with Gasteiger partial charge in [0.1, 0.15) is 5.57 Å². The molecule has 204 valence electrons. The first kappa shape index (κ1) is 27.5. The van der Waals surface area contributed by atoms with E-state index in [-0.39, 0.29) is 41.0 Å². The van der Waals surface area contributed by atoms with Crippen molar-refractivity contribution >= 4 is 46.9 Å². The normalized spacial score (nSPS) is 14.1. The summed E-state index contributed by atoms with van der Waals surface area (Å²) in [5, 5.41) is 15.8. The number of nitrogens with one attached hydrogen (secondary N) is 2. The third kappa shape index (κ3) is 5.80. The number of carbonyl (C=O) groups excluding carboxylic acids is 4. The fourth-order valence-corrected chi connectivity index (χ4v) is 3.89. The molecule has 0 aromatic heterocycles. The molecule has 0 spiro atoms. The van der Waals surface area contributed by atoms with E-state index < -0.39 is 22.8 Å². The summed E-state index contributed by atoms with van der Waals surface area (Å²) in [7, 11) is 1.39. The number of nitro benzene ring substituents is 1. The quantitative estimate of drug-likeness (QED) is 0.187. The maximum atomic E-state index is 13.1. The fourth-order valence-electron chi connectivity index (χ4n) is 3.89. The first-order chi connectivity index (χ1) is 19.1. The third-order valence-corrected chi connectivity index (χ3v) is 6.16. The van der Waals surface area contributed by atoms with Crippen molar-refractivity contribution in [2.24, 2.45) is 0 Å². The molecule has 12 heteroatoms. The van der Waals surface area contributed by atoms with Crippen LogP contribution >= 0.6 is 0 Å². The second-order valence-corrected chi connectivity index (χ2v) is 8.73. The van der Waals surface area contributed by atoms with Crippen LogP contribution in [-0.2, 0) is 14.4 Å². The first-order valence-corrected chi connectivity index (χ1v) is 11.9. The minimum atomic E-state index is -0.985. The summed E-state index contributed by atoms with van der Waals surface area (Å²) in [6, 6.07) is 13.9. The molecule has 1 saturated heterocycles. The van der Waals surface area contributed by atoms with Gasteiger partial charge in [-0.15, -0.1) is 0 Å². The molecule has 1 fully saturated rings. The predicted molar refractivity (Wildman–Crippen MR) is 145 cm³/mol. The molecule has 1 aliphatic heterocycles. The summed E-state index contributed by atoms with van der Waals surface area (Å²) in [4.78, 5) is 61.5. The van der Waals surface area contributed by atoms with Gasteiger partial charge in [-0.2, -0.15) is 0 Å². The van der Waals surface area contributed by atoms with Gasteiger partial charge in [-0.3, -0.25) is 29.8 Å². The lowest BCUT2D eigenvalue weighted by Crippen LogP contribution is -2.54. The molecule has 12 nitrogen and oxygen atoms in total. The first-order valence-electron chi connectivity index (χ1n) is 11.9. The van der Waals surface area contributed by atoms with Gasteiger partial charge in [0.2, 0.25) is 0 Å². The molecular formula is C28H24N4O8. The number of nitro groups is 1. The van der Waals surface area contributed by atoms with E-state index in [9.17, 15) is 29.3 Å². The minimum Gasteiger partial charge on any atom is -0.493 e. The maximum Gasteiger partial charge on any atom is 0.335 e. The average molecular weight is 545 g/mol. The van der Waals surface area contributed by atoms with Crippen LogP contribution in [0.25, 0.3) is 6.08 Å². The largest absolute Gasteiger partial charge is 0.493 e. The van der Waals surface area contributed by atoms with Crippen LogP contribution in [0, 0.1) is 24.0 Å². The molecule has 0 radical (unpaired) electrons. The van der Waals surface area contributed by atoms with Crippen LogP contribution in [0.15, 0.2) is 66.2 Å². The summed E-state index contributed by atoms with van der Waals surface area (Å²) >= 11 is 0. The summed E-state index contributed by atoms with van der Waals surface area (Å²) in [5.74, 6) is -1.70. The average Bonchev–Trinajstić information content (AvgIpc) is 2.92. The Morgan fingerprint density at radius 3 is 2.45 bits per heavy atom. The van der Waals surface area contributed by atoms with Crippen molar-refractivity contribution in [1.29, 1.82) is 0 Å². The highest BCUT2D eigenvalue weighted by atomic mass is 16.6. The Bertz CT molecular complexity index is 1560. The zero-order valence-corrected chi connectivity index (χ0v) is 21.7. The number of hydrogen-bond donors (Lipinski definition) is 2. The number of hydrogen-bond acceptors (Lipinski definition) is 8. The number of amides is 5. The van der Waals surface area contributed by atoms with E-state index in [1.807, 2.05) is 26.0 Å². The Morgan fingerprint density at radius 1 is 1.05 bits per heavy atom. The number of benzene rings is 3. The topological polar surface area (TPSA) is 157 Å². The Kier molecular flexibility index (Phi) is 7.89. The Labute approximate surface area is 228 Å². The molecule has 0 atom stereocenters. The number of carbonyl (C=O) groups is 4. The molecule has 0 bridgehead atoms. The number of aryl methyl sites for hydroxylation is 1. The SMILES string of the molecule is COc1cc(/C=C2/C(=O)NC(=O)N(c3ccc([N+](=O)[O-])cc3)C2=O)ccc1OCC(=O)Nc1cccc(C)c1C. The van der Waals surface area contributed by atoms with Gasteiger partial charge in [-0.25, -0.2) is 9.69 Å². The Morgan fingerprint density at radius 2 is 1.77 bits per heavy atom. The fraction of sp³-hybridized carbons (Fsp3) is 0.143. The van der Waals surface area contributed by atoms with E-state index >= 15 is 0 Å². The van der Waals surface area contributed by atoms with Gasteiger partial charge in [-0.05, 0) is 66.9 Å². The highest BCUT2D eigenvalue weighted by Crippen LogP contribution is 2.30. The molecule has 1 aliphatic rings. The van der Waals surface area contributed by atoms with Crippen LogP contribution in [0.5, 0.6) is 11.5 Å². The molecule has 3 aromatic carbocycles. The number of rotatable bonds is 8. The highest BCUT2D eigenvalue weighted by Gasteiger charge is 2.37. The number of nitrogens with zero attached hydrogens (tertiary/aromatic N) is 2. The van der Waals surface area contributed by atoms with Crippen LogP contribution < -0.4 is 25.0 Å². The summed E-state index contributed by atoms with van der Waals surface area (Å²) in [5.41, 5.74) is 2.52.